The summed E-state index contributed by atoms with van der Waals surface area (Å²) in [6.07, 6.45) is 7.76. The van der Waals surface area contributed by atoms with Crippen LogP contribution in [-0.2, 0) is 33.9 Å². The maximum Gasteiger partial charge on any atom is 0.244 e. The van der Waals surface area contributed by atoms with Gasteiger partial charge in [0.1, 0.15) is 5.69 Å². The predicted molar refractivity (Wildman–Crippen MR) is 144 cm³/mol. The largest absolute Gasteiger partial charge is 0.350 e. The molecule has 10 heteroatoms. The summed E-state index contributed by atoms with van der Waals surface area (Å²) < 4.78 is 1.58. The van der Waals surface area contributed by atoms with Gasteiger partial charge < -0.3 is 10.6 Å². The van der Waals surface area contributed by atoms with E-state index in [-0.39, 0.29) is 37.1 Å². The minimum atomic E-state index is -0.560. The molecule has 2 aromatic carbocycles. The smallest absolute Gasteiger partial charge is 0.244 e. The third-order valence-corrected chi connectivity index (χ3v) is 7.76. The number of amides is 3. The molecule has 4 N–H and O–H groups in total. The van der Waals surface area contributed by atoms with Crippen LogP contribution in [0.5, 0.6) is 0 Å². The van der Waals surface area contributed by atoms with E-state index in [2.05, 4.69) is 39.1 Å². The monoisotopic (exact) mass is 530 g/mol. The normalized spacial score (nSPS) is 15.2. The number of aromatic nitrogens is 3. The van der Waals surface area contributed by atoms with Gasteiger partial charge in [0.2, 0.25) is 17.7 Å². The Morgan fingerprint density at radius 2 is 1.79 bits per heavy atom. The fourth-order valence-electron chi connectivity index (χ4n) is 5.76. The van der Waals surface area contributed by atoms with E-state index in [1.54, 1.807) is 16.4 Å². The van der Waals surface area contributed by atoms with E-state index in [1.807, 2.05) is 24.3 Å². The summed E-state index contributed by atoms with van der Waals surface area (Å²) in [7, 11) is 0. The van der Waals surface area contributed by atoms with Crippen molar-refractivity contribution in [3.05, 3.63) is 65.5 Å². The molecule has 0 spiro atoms. The molecule has 39 heavy (non-hydrogen) atoms. The number of hydrogen-bond donors (Lipinski definition) is 4. The Labute approximate surface area is 227 Å². The molecule has 1 fully saturated rings. The number of anilines is 1. The molecule has 0 saturated heterocycles. The Balaban J connectivity index is 1.10. The van der Waals surface area contributed by atoms with Gasteiger partial charge in [0.25, 0.3) is 0 Å². The van der Waals surface area contributed by atoms with E-state index in [4.69, 9.17) is 5.21 Å². The summed E-state index contributed by atoms with van der Waals surface area (Å²) in [5, 5.41) is 23.0. The zero-order chi connectivity index (χ0) is 27.2. The highest BCUT2D eigenvalue weighted by atomic mass is 16.5. The van der Waals surface area contributed by atoms with Gasteiger partial charge in [0.05, 0.1) is 19.3 Å². The summed E-state index contributed by atoms with van der Waals surface area (Å²) in [6, 6.07) is 14.4. The van der Waals surface area contributed by atoms with Crippen molar-refractivity contribution in [3.8, 4) is 11.1 Å². The summed E-state index contributed by atoms with van der Waals surface area (Å²) >= 11 is 0. The van der Waals surface area contributed by atoms with Crippen molar-refractivity contribution in [2.45, 2.75) is 64.5 Å². The van der Waals surface area contributed by atoms with Crippen LogP contribution in [0, 0.1) is 11.8 Å². The molecule has 5 rings (SSSR count). The van der Waals surface area contributed by atoms with Crippen LogP contribution >= 0.6 is 0 Å². The number of aryl methyl sites for hydroxylation is 1. The molecule has 1 aromatic heterocycles. The van der Waals surface area contributed by atoms with Gasteiger partial charge in [0.15, 0.2) is 0 Å². The zero-order valence-corrected chi connectivity index (χ0v) is 21.9. The lowest BCUT2D eigenvalue weighted by molar-refractivity contribution is -0.136. The molecule has 10 nitrogen and oxygen atoms in total. The van der Waals surface area contributed by atoms with Crippen LogP contribution in [0.15, 0.2) is 48.7 Å². The van der Waals surface area contributed by atoms with Crippen molar-refractivity contribution in [1.29, 1.82) is 0 Å². The third kappa shape index (κ3) is 6.51. The Bertz CT molecular complexity index is 1350. The van der Waals surface area contributed by atoms with E-state index in [0.29, 0.717) is 12.2 Å². The Morgan fingerprint density at radius 3 is 2.62 bits per heavy atom. The van der Waals surface area contributed by atoms with Crippen LogP contribution in [-0.4, -0.2) is 37.9 Å². The highest BCUT2D eigenvalue weighted by molar-refractivity contribution is 5.91. The van der Waals surface area contributed by atoms with Crippen LogP contribution < -0.4 is 16.1 Å². The fourth-order valence-corrected chi connectivity index (χ4v) is 5.76. The first kappa shape index (κ1) is 26.6. The molecule has 2 aliphatic rings. The Kier molecular flexibility index (Phi) is 8.31. The van der Waals surface area contributed by atoms with Crippen molar-refractivity contribution in [2.75, 3.05) is 5.32 Å². The summed E-state index contributed by atoms with van der Waals surface area (Å²) in [5.41, 5.74) is 7.96. The van der Waals surface area contributed by atoms with Gasteiger partial charge in [-0.3, -0.25) is 24.3 Å². The van der Waals surface area contributed by atoms with Gasteiger partial charge >= 0.3 is 0 Å². The zero-order valence-electron chi connectivity index (χ0n) is 21.9. The molecule has 1 saturated carbocycles. The van der Waals surface area contributed by atoms with Crippen LogP contribution in [0.4, 0.5) is 5.69 Å². The van der Waals surface area contributed by atoms with Crippen molar-refractivity contribution in [1.82, 2.24) is 25.8 Å². The number of rotatable bonds is 10. The highest BCUT2D eigenvalue weighted by Gasteiger charge is 2.31. The van der Waals surface area contributed by atoms with E-state index >= 15 is 0 Å². The minimum Gasteiger partial charge on any atom is -0.350 e. The van der Waals surface area contributed by atoms with Crippen molar-refractivity contribution >= 4 is 23.4 Å². The number of nitrogens with one attached hydrogen (secondary N) is 3. The van der Waals surface area contributed by atoms with E-state index in [9.17, 15) is 14.4 Å². The van der Waals surface area contributed by atoms with Gasteiger partial charge in [0, 0.05) is 24.4 Å². The average Bonchev–Trinajstić information content (AvgIpc) is 3.57. The van der Waals surface area contributed by atoms with Gasteiger partial charge in [-0.1, -0.05) is 54.8 Å². The molecule has 0 bridgehead atoms. The summed E-state index contributed by atoms with van der Waals surface area (Å²) in [4.78, 5) is 37.3. The number of hydrogen-bond acceptors (Lipinski definition) is 6. The molecule has 3 aromatic rings. The first-order chi connectivity index (χ1) is 19.0. The number of carbonyl (C=O) groups excluding carboxylic acids is 3. The third-order valence-electron chi connectivity index (χ3n) is 7.76. The molecule has 1 atom stereocenters. The number of fused-ring (bicyclic) bond motifs is 3. The average molecular weight is 531 g/mol. The minimum absolute atomic E-state index is 0.0496. The van der Waals surface area contributed by atoms with E-state index < -0.39 is 11.8 Å². The Morgan fingerprint density at radius 1 is 1.00 bits per heavy atom. The van der Waals surface area contributed by atoms with Gasteiger partial charge in [-0.05, 0) is 59.6 Å². The predicted octanol–water partition coefficient (Wildman–Crippen LogP) is 3.59. The quantitative estimate of drug-likeness (QED) is 0.183. The van der Waals surface area contributed by atoms with Crippen LogP contribution in [0.1, 0.15) is 61.8 Å². The van der Waals surface area contributed by atoms with Gasteiger partial charge in [-0.2, -0.15) is 0 Å². The Hall–Kier alpha value is -4.05. The van der Waals surface area contributed by atoms with E-state index in [0.717, 1.165) is 44.2 Å². The van der Waals surface area contributed by atoms with Crippen LogP contribution in [0.2, 0.25) is 0 Å². The summed E-state index contributed by atoms with van der Waals surface area (Å²) in [5.74, 6) is -1.28. The summed E-state index contributed by atoms with van der Waals surface area (Å²) in [6.45, 7) is 0.525. The molecule has 0 aliphatic heterocycles. The van der Waals surface area contributed by atoms with Crippen molar-refractivity contribution in [3.63, 3.8) is 0 Å². The second-order valence-corrected chi connectivity index (χ2v) is 10.4. The van der Waals surface area contributed by atoms with Crippen molar-refractivity contribution < 1.29 is 19.6 Å². The SMILES string of the molecule is O=C(CC(C(=O)NCc1cn(CCC(=O)Nc2ccc3c(c2)Cc2ccccc2-3)nn1)C1CCCCC1)NO. The van der Waals surface area contributed by atoms with Crippen molar-refractivity contribution in [2.24, 2.45) is 11.8 Å². The second-order valence-electron chi connectivity index (χ2n) is 10.4. The lowest BCUT2D eigenvalue weighted by Crippen LogP contribution is -2.38. The fraction of sp³-hybridized carbons (Fsp3) is 0.414. The maximum absolute atomic E-state index is 12.9. The first-order valence-electron chi connectivity index (χ1n) is 13.6. The molecule has 1 heterocycles. The topological polar surface area (TPSA) is 138 Å². The standard InChI is InChI=1S/C29H34N6O4/c36-27(31-22-10-11-25-21(15-22)14-20-8-4-5-9-24(20)25)12-13-35-18-23(32-34-35)17-30-29(38)26(16-28(37)33-39)19-6-2-1-3-7-19/h4-5,8-11,15,18-19,26,39H,1-3,6-7,12-14,16-17H2,(H,30,38)(H,31,36)(H,33,37). The number of benzene rings is 2. The van der Waals surface area contributed by atoms with Gasteiger partial charge in [-0.15, -0.1) is 5.10 Å². The molecule has 1 unspecified atom stereocenters. The molecule has 2 aliphatic carbocycles. The van der Waals surface area contributed by atoms with Crippen LogP contribution in [0.3, 0.4) is 0 Å². The molecular formula is C29H34N6O4. The molecule has 0 radical (unpaired) electrons. The van der Waals surface area contributed by atoms with E-state index in [1.165, 1.54) is 22.3 Å². The number of hydroxylamine groups is 1. The maximum atomic E-state index is 12.9. The molecule has 3 amide bonds. The first-order valence-corrected chi connectivity index (χ1v) is 13.6. The number of nitrogens with zero attached hydrogens (tertiary/aromatic N) is 3. The molecule has 204 valence electrons. The number of carbonyl (C=O) groups is 3. The highest BCUT2D eigenvalue weighted by Crippen LogP contribution is 2.37. The van der Waals surface area contributed by atoms with Crippen LogP contribution in [0.25, 0.3) is 11.1 Å². The molecular weight excluding hydrogens is 496 g/mol. The lowest BCUT2D eigenvalue weighted by Gasteiger charge is -2.28. The second kappa shape index (κ2) is 12.2. The van der Waals surface area contributed by atoms with Gasteiger partial charge in [-0.25, -0.2) is 5.48 Å². The lowest BCUT2D eigenvalue weighted by atomic mass is 9.78.